The van der Waals surface area contributed by atoms with Crippen LogP contribution in [0.5, 0.6) is 0 Å². The maximum absolute atomic E-state index is 5.30. The Hall–Kier alpha value is -0.550. The molecule has 4 nitrogen and oxygen atoms in total. The molecule has 1 N–H and O–H groups in total. The van der Waals surface area contributed by atoms with E-state index in [2.05, 4.69) is 22.4 Å². The predicted molar refractivity (Wildman–Crippen MR) is 61.0 cm³/mol. The van der Waals surface area contributed by atoms with Crippen molar-refractivity contribution in [1.82, 2.24) is 15.5 Å². The summed E-state index contributed by atoms with van der Waals surface area (Å²) in [4.78, 5) is 4.45. The normalized spacial score (nSPS) is 18.2. The van der Waals surface area contributed by atoms with Crippen LogP contribution in [-0.4, -0.2) is 29.0 Å². The third-order valence-electron chi connectivity index (χ3n) is 2.61. The first-order chi connectivity index (χ1) is 7.40. The Bertz CT molecular complexity index is 297. The lowest BCUT2D eigenvalue weighted by Crippen LogP contribution is -2.26. The Labute approximate surface area is 94.2 Å². The van der Waals surface area contributed by atoms with Crippen LogP contribution in [0.3, 0.4) is 0 Å². The lowest BCUT2D eigenvalue weighted by Gasteiger charge is -2.18. The van der Waals surface area contributed by atoms with E-state index in [-0.39, 0.29) is 0 Å². The van der Waals surface area contributed by atoms with Gasteiger partial charge in [-0.3, -0.25) is 0 Å². The van der Waals surface area contributed by atoms with Crippen LogP contribution in [0.4, 0.5) is 0 Å². The number of nitrogens with zero attached hydrogens (tertiary/aromatic N) is 2. The molecule has 1 aliphatic heterocycles. The number of thioether (sulfide) groups is 1. The van der Waals surface area contributed by atoms with Crippen molar-refractivity contribution in [1.29, 1.82) is 0 Å². The van der Waals surface area contributed by atoms with Gasteiger partial charge in [0.15, 0.2) is 5.82 Å². The summed E-state index contributed by atoms with van der Waals surface area (Å²) in [5, 5.41) is 7.33. The van der Waals surface area contributed by atoms with Gasteiger partial charge in [-0.15, -0.1) is 0 Å². The quantitative estimate of drug-likeness (QED) is 0.850. The molecule has 2 heterocycles. The molecule has 0 saturated carbocycles. The molecule has 1 aromatic heterocycles. The summed E-state index contributed by atoms with van der Waals surface area (Å²) in [6.45, 7) is 4.26. The van der Waals surface area contributed by atoms with Gasteiger partial charge in [0.1, 0.15) is 0 Å². The molecule has 1 fully saturated rings. The number of piperidine rings is 1. The minimum absolute atomic E-state index is 0.471. The zero-order chi connectivity index (χ0) is 10.5. The first-order valence-corrected chi connectivity index (χ1v) is 6.66. The van der Waals surface area contributed by atoms with Crippen LogP contribution in [0, 0.1) is 0 Å². The molecule has 0 aliphatic carbocycles. The van der Waals surface area contributed by atoms with Crippen molar-refractivity contribution >= 4 is 11.8 Å². The van der Waals surface area contributed by atoms with E-state index in [0.717, 1.165) is 49.2 Å². The van der Waals surface area contributed by atoms with Crippen LogP contribution in [-0.2, 0) is 5.75 Å². The second kappa shape index (κ2) is 5.51. The average Bonchev–Trinajstić information content (AvgIpc) is 2.76. The summed E-state index contributed by atoms with van der Waals surface area (Å²) in [6.07, 6.45) is 2.23. The van der Waals surface area contributed by atoms with Crippen LogP contribution in [0.25, 0.3) is 0 Å². The molecular weight excluding hydrogens is 210 g/mol. The molecule has 84 valence electrons. The Morgan fingerprint density at radius 1 is 1.47 bits per heavy atom. The van der Waals surface area contributed by atoms with Crippen LogP contribution >= 0.6 is 11.8 Å². The zero-order valence-corrected chi connectivity index (χ0v) is 9.85. The molecule has 1 aromatic rings. The van der Waals surface area contributed by atoms with Crippen molar-refractivity contribution in [2.75, 3.05) is 18.8 Å². The summed E-state index contributed by atoms with van der Waals surface area (Å²) < 4.78 is 5.30. The van der Waals surface area contributed by atoms with E-state index >= 15 is 0 Å². The van der Waals surface area contributed by atoms with Crippen molar-refractivity contribution in [3.8, 4) is 0 Å². The van der Waals surface area contributed by atoms with Gasteiger partial charge in [0.05, 0.1) is 5.75 Å². The van der Waals surface area contributed by atoms with Gasteiger partial charge in [-0.2, -0.15) is 16.7 Å². The molecule has 5 heteroatoms. The lowest BCUT2D eigenvalue weighted by molar-refractivity contribution is 0.319. The van der Waals surface area contributed by atoms with Crippen molar-refractivity contribution in [2.24, 2.45) is 0 Å². The molecule has 0 amide bonds. The predicted octanol–water partition coefficient (Wildman–Crippen LogP) is 1.79. The van der Waals surface area contributed by atoms with E-state index in [1.165, 1.54) is 0 Å². The Morgan fingerprint density at radius 2 is 2.27 bits per heavy atom. The van der Waals surface area contributed by atoms with E-state index in [9.17, 15) is 0 Å². The molecule has 1 saturated heterocycles. The fourth-order valence-corrected chi connectivity index (χ4v) is 2.26. The van der Waals surface area contributed by atoms with Crippen LogP contribution < -0.4 is 5.32 Å². The third-order valence-corrected chi connectivity index (χ3v) is 3.48. The summed E-state index contributed by atoms with van der Waals surface area (Å²) >= 11 is 1.82. The minimum Gasteiger partial charge on any atom is -0.339 e. The van der Waals surface area contributed by atoms with Crippen molar-refractivity contribution in [2.45, 2.75) is 31.4 Å². The van der Waals surface area contributed by atoms with Gasteiger partial charge in [0.2, 0.25) is 5.89 Å². The maximum atomic E-state index is 5.30. The number of nitrogens with one attached hydrogen (secondary N) is 1. The Balaban J connectivity index is 1.93. The fraction of sp³-hybridized carbons (Fsp3) is 0.800. The fourth-order valence-electron chi connectivity index (χ4n) is 1.75. The Kier molecular flexibility index (Phi) is 4.02. The van der Waals surface area contributed by atoms with Crippen LogP contribution in [0.1, 0.15) is 37.4 Å². The van der Waals surface area contributed by atoms with Gasteiger partial charge in [0, 0.05) is 5.92 Å². The highest BCUT2D eigenvalue weighted by Gasteiger charge is 2.20. The number of hydrogen-bond donors (Lipinski definition) is 1. The molecule has 2 rings (SSSR count). The molecule has 0 spiro atoms. The largest absolute Gasteiger partial charge is 0.339 e. The van der Waals surface area contributed by atoms with E-state index in [0.29, 0.717) is 5.92 Å². The monoisotopic (exact) mass is 227 g/mol. The van der Waals surface area contributed by atoms with Gasteiger partial charge in [-0.05, 0) is 31.7 Å². The van der Waals surface area contributed by atoms with E-state index in [1.807, 2.05) is 11.8 Å². The van der Waals surface area contributed by atoms with E-state index in [1.54, 1.807) is 0 Å². The topological polar surface area (TPSA) is 51.0 Å². The SMILES string of the molecule is CCSCc1noc(C2CCNCC2)n1. The van der Waals surface area contributed by atoms with Gasteiger partial charge >= 0.3 is 0 Å². The molecule has 0 unspecified atom stereocenters. The molecule has 0 aromatic carbocycles. The van der Waals surface area contributed by atoms with Crippen molar-refractivity contribution < 1.29 is 4.52 Å². The highest BCUT2D eigenvalue weighted by atomic mass is 32.2. The van der Waals surface area contributed by atoms with Gasteiger partial charge in [0.25, 0.3) is 0 Å². The van der Waals surface area contributed by atoms with Crippen LogP contribution in [0.2, 0.25) is 0 Å². The lowest BCUT2D eigenvalue weighted by atomic mass is 9.98. The average molecular weight is 227 g/mol. The molecule has 0 radical (unpaired) electrons. The zero-order valence-electron chi connectivity index (χ0n) is 9.03. The second-order valence-corrected chi connectivity index (χ2v) is 4.98. The highest BCUT2D eigenvalue weighted by molar-refractivity contribution is 7.98. The summed E-state index contributed by atoms with van der Waals surface area (Å²) in [6, 6.07) is 0. The van der Waals surface area contributed by atoms with Gasteiger partial charge in [-0.1, -0.05) is 12.1 Å². The van der Waals surface area contributed by atoms with E-state index in [4.69, 9.17) is 4.52 Å². The Morgan fingerprint density at radius 3 is 3.00 bits per heavy atom. The summed E-state index contributed by atoms with van der Waals surface area (Å²) in [7, 11) is 0. The van der Waals surface area contributed by atoms with E-state index < -0.39 is 0 Å². The molecule has 0 bridgehead atoms. The first kappa shape index (κ1) is 11.0. The number of rotatable bonds is 4. The van der Waals surface area contributed by atoms with Gasteiger partial charge in [-0.25, -0.2) is 0 Å². The molecule has 0 atom stereocenters. The van der Waals surface area contributed by atoms with Crippen LogP contribution in [0.15, 0.2) is 4.52 Å². The number of hydrogen-bond acceptors (Lipinski definition) is 5. The highest BCUT2D eigenvalue weighted by Crippen LogP contribution is 2.23. The second-order valence-electron chi connectivity index (χ2n) is 3.71. The van der Waals surface area contributed by atoms with Crippen molar-refractivity contribution in [3.05, 3.63) is 11.7 Å². The summed E-state index contributed by atoms with van der Waals surface area (Å²) in [5.41, 5.74) is 0. The minimum atomic E-state index is 0.471. The van der Waals surface area contributed by atoms with Gasteiger partial charge < -0.3 is 9.84 Å². The summed E-state index contributed by atoms with van der Waals surface area (Å²) in [5.74, 6) is 4.11. The maximum Gasteiger partial charge on any atom is 0.229 e. The molecule has 15 heavy (non-hydrogen) atoms. The third kappa shape index (κ3) is 2.95. The molecule has 1 aliphatic rings. The smallest absolute Gasteiger partial charge is 0.229 e. The first-order valence-electron chi connectivity index (χ1n) is 5.51. The standard InChI is InChI=1S/C10H17N3OS/c1-2-15-7-9-12-10(14-13-9)8-3-5-11-6-4-8/h8,11H,2-7H2,1H3. The van der Waals surface area contributed by atoms with Crippen molar-refractivity contribution in [3.63, 3.8) is 0 Å². The molecular formula is C10H17N3OS. The number of aromatic nitrogens is 2.